The standard InChI is InChI=1S/C20H17Br3N4OS/c1-3-8-27-19(13-6-4-12(2)5-7-13)25-26-20(27)29-11-17(28)24-18-15(22)9-14(21)10-16(18)23/h3-7,9-10H,1,8,11H2,2H3,(H,24,28). The zero-order valence-corrected chi connectivity index (χ0v) is 21.0. The molecule has 1 heterocycles. The van der Waals surface area contributed by atoms with Gasteiger partial charge in [0.25, 0.3) is 0 Å². The van der Waals surface area contributed by atoms with Gasteiger partial charge in [0.15, 0.2) is 11.0 Å². The molecule has 0 fully saturated rings. The third-order valence-corrected chi connectivity index (χ3v) is 6.62. The first-order chi connectivity index (χ1) is 13.9. The Kier molecular flexibility index (Phi) is 7.72. The third kappa shape index (κ3) is 5.59. The molecule has 0 radical (unpaired) electrons. The second-order valence-corrected chi connectivity index (χ2v) is 9.72. The number of carbonyl (C=O) groups excluding carboxylic acids is 1. The van der Waals surface area contributed by atoms with Gasteiger partial charge in [-0.1, -0.05) is 63.6 Å². The molecule has 0 aliphatic carbocycles. The number of anilines is 1. The molecule has 0 bridgehead atoms. The number of benzene rings is 2. The number of nitrogens with one attached hydrogen (secondary N) is 1. The lowest BCUT2D eigenvalue weighted by molar-refractivity contribution is -0.113. The number of nitrogens with zero attached hydrogens (tertiary/aromatic N) is 3. The summed E-state index contributed by atoms with van der Waals surface area (Å²) in [5.74, 6) is 0.827. The number of carbonyl (C=O) groups is 1. The highest BCUT2D eigenvalue weighted by molar-refractivity contribution is 9.11. The van der Waals surface area contributed by atoms with Crippen LogP contribution in [-0.4, -0.2) is 26.4 Å². The van der Waals surface area contributed by atoms with Gasteiger partial charge in [-0.25, -0.2) is 0 Å². The molecule has 3 rings (SSSR count). The van der Waals surface area contributed by atoms with Gasteiger partial charge >= 0.3 is 0 Å². The molecule has 3 aromatic rings. The van der Waals surface area contributed by atoms with Crippen LogP contribution < -0.4 is 5.32 Å². The molecule has 1 aromatic heterocycles. The summed E-state index contributed by atoms with van der Waals surface area (Å²) in [5.41, 5.74) is 2.84. The van der Waals surface area contributed by atoms with Gasteiger partial charge in [0, 0.05) is 25.5 Å². The Bertz CT molecular complexity index is 1030. The van der Waals surface area contributed by atoms with Gasteiger partial charge in [0.05, 0.1) is 11.4 Å². The summed E-state index contributed by atoms with van der Waals surface area (Å²) >= 11 is 11.7. The molecule has 0 saturated heterocycles. The highest BCUT2D eigenvalue weighted by Crippen LogP contribution is 2.34. The topological polar surface area (TPSA) is 59.8 Å². The molecule has 2 aromatic carbocycles. The molecule has 150 valence electrons. The number of hydrogen-bond donors (Lipinski definition) is 1. The van der Waals surface area contributed by atoms with Crippen LogP contribution >= 0.6 is 59.6 Å². The lowest BCUT2D eigenvalue weighted by Gasteiger charge is -2.11. The SMILES string of the molecule is C=CCn1c(SCC(=O)Nc2c(Br)cc(Br)cc2Br)nnc1-c1ccc(C)cc1. The number of amides is 1. The number of hydrogen-bond acceptors (Lipinski definition) is 4. The molecule has 0 unspecified atom stereocenters. The van der Waals surface area contributed by atoms with E-state index in [1.165, 1.54) is 17.3 Å². The molecule has 1 amide bonds. The van der Waals surface area contributed by atoms with E-state index in [0.717, 1.165) is 24.8 Å². The van der Waals surface area contributed by atoms with Crippen molar-refractivity contribution in [3.05, 3.63) is 68.0 Å². The minimum absolute atomic E-state index is 0.135. The van der Waals surface area contributed by atoms with E-state index in [9.17, 15) is 4.79 Å². The van der Waals surface area contributed by atoms with Gasteiger partial charge in [-0.05, 0) is 50.9 Å². The number of rotatable bonds is 7. The van der Waals surface area contributed by atoms with Crippen LogP contribution in [0.3, 0.4) is 0 Å². The van der Waals surface area contributed by atoms with E-state index < -0.39 is 0 Å². The van der Waals surface area contributed by atoms with Gasteiger partial charge < -0.3 is 5.32 Å². The van der Waals surface area contributed by atoms with Crippen LogP contribution in [0.5, 0.6) is 0 Å². The van der Waals surface area contributed by atoms with Gasteiger partial charge in [-0.2, -0.15) is 0 Å². The minimum Gasteiger partial charge on any atom is -0.323 e. The van der Waals surface area contributed by atoms with Crippen molar-refractivity contribution in [2.75, 3.05) is 11.1 Å². The molecule has 1 N–H and O–H groups in total. The minimum atomic E-state index is -0.135. The Labute approximate surface area is 198 Å². The Morgan fingerprint density at radius 2 is 1.83 bits per heavy atom. The van der Waals surface area contributed by atoms with Crippen LogP contribution in [0.15, 0.2) is 67.6 Å². The summed E-state index contributed by atoms with van der Waals surface area (Å²) in [5, 5.41) is 12.2. The summed E-state index contributed by atoms with van der Waals surface area (Å²) < 4.78 is 4.44. The smallest absolute Gasteiger partial charge is 0.234 e. The van der Waals surface area contributed by atoms with Gasteiger partial charge in [-0.15, -0.1) is 16.8 Å². The van der Waals surface area contributed by atoms with Gasteiger partial charge in [-0.3, -0.25) is 9.36 Å². The number of thioether (sulfide) groups is 1. The molecule has 5 nitrogen and oxygen atoms in total. The molecular formula is C20H17Br3N4OS. The maximum absolute atomic E-state index is 12.5. The van der Waals surface area contributed by atoms with Crippen LogP contribution in [0.1, 0.15) is 5.56 Å². The molecule has 29 heavy (non-hydrogen) atoms. The quantitative estimate of drug-likeness (QED) is 0.250. The van der Waals surface area contributed by atoms with Crippen LogP contribution in [0, 0.1) is 6.92 Å². The van der Waals surface area contributed by atoms with Crippen molar-refractivity contribution in [2.24, 2.45) is 0 Å². The van der Waals surface area contributed by atoms with Crippen molar-refractivity contribution in [3.63, 3.8) is 0 Å². The number of aromatic nitrogens is 3. The first-order valence-electron chi connectivity index (χ1n) is 8.57. The number of aryl methyl sites for hydroxylation is 1. The second-order valence-electron chi connectivity index (χ2n) is 6.15. The van der Waals surface area contributed by atoms with Crippen molar-refractivity contribution in [3.8, 4) is 11.4 Å². The fourth-order valence-electron chi connectivity index (χ4n) is 2.57. The van der Waals surface area contributed by atoms with E-state index in [1.54, 1.807) is 6.08 Å². The van der Waals surface area contributed by atoms with Crippen molar-refractivity contribution >= 4 is 71.1 Å². The van der Waals surface area contributed by atoms with Crippen molar-refractivity contribution < 1.29 is 4.79 Å². The van der Waals surface area contributed by atoms with E-state index in [4.69, 9.17) is 0 Å². The van der Waals surface area contributed by atoms with Crippen LogP contribution in [0.2, 0.25) is 0 Å². The van der Waals surface area contributed by atoms with Crippen molar-refractivity contribution in [1.29, 1.82) is 0 Å². The Morgan fingerprint density at radius 3 is 2.45 bits per heavy atom. The van der Waals surface area contributed by atoms with Gasteiger partial charge in [0.2, 0.25) is 5.91 Å². The Hall–Kier alpha value is -1.42. The average Bonchev–Trinajstić information content (AvgIpc) is 3.06. The highest BCUT2D eigenvalue weighted by atomic mass is 79.9. The van der Waals surface area contributed by atoms with E-state index in [1.807, 2.05) is 47.9 Å². The number of allylic oxidation sites excluding steroid dienone is 1. The van der Waals surface area contributed by atoms with E-state index >= 15 is 0 Å². The Balaban J connectivity index is 1.74. The summed E-state index contributed by atoms with van der Waals surface area (Å²) in [6, 6.07) is 11.9. The number of halogens is 3. The molecule has 0 aliphatic rings. The van der Waals surface area contributed by atoms with E-state index in [0.29, 0.717) is 17.4 Å². The molecule has 0 spiro atoms. The highest BCUT2D eigenvalue weighted by Gasteiger charge is 2.16. The average molecular weight is 601 g/mol. The molecule has 0 saturated carbocycles. The largest absolute Gasteiger partial charge is 0.323 e. The second kappa shape index (κ2) is 10.1. The molecule has 0 atom stereocenters. The fraction of sp³-hybridized carbons (Fsp3) is 0.150. The lowest BCUT2D eigenvalue weighted by Crippen LogP contribution is -2.15. The van der Waals surface area contributed by atoms with Gasteiger partial charge in [0.1, 0.15) is 0 Å². The van der Waals surface area contributed by atoms with Crippen LogP contribution in [0.4, 0.5) is 5.69 Å². The van der Waals surface area contributed by atoms with Crippen molar-refractivity contribution in [1.82, 2.24) is 14.8 Å². The summed E-state index contributed by atoms with van der Waals surface area (Å²) in [4.78, 5) is 12.5. The zero-order valence-electron chi connectivity index (χ0n) is 15.5. The maximum Gasteiger partial charge on any atom is 0.234 e. The normalized spacial score (nSPS) is 10.8. The predicted molar refractivity (Wildman–Crippen MR) is 129 cm³/mol. The summed E-state index contributed by atoms with van der Waals surface area (Å²) in [6.07, 6.45) is 1.79. The van der Waals surface area contributed by atoms with Crippen LogP contribution in [-0.2, 0) is 11.3 Å². The van der Waals surface area contributed by atoms with E-state index in [-0.39, 0.29) is 11.7 Å². The monoisotopic (exact) mass is 598 g/mol. The predicted octanol–water partition coefficient (Wildman–Crippen LogP) is 6.46. The van der Waals surface area contributed by atoms with Crippen LogP contribution in [0.25, 0.3) is 11.4 Å². The Morgan fingerprint density at radius 1 is 1.17 bits per heavy atom. The maximum atomic E-state index is 12.5. The fourth-order valence-corrected chi connectivity index (χ4v) is 5.78. The first-order valence-corrected chi connectivity index (χ1v) is 11.9. The summed E-state index contributed by atoms with van der Waals surface area (Å²) in [7, 11) is 0. The van der Waals surface area contributed by atoms with E-state index in [2.05, 4.69) is 69.9 Å². The zero-order chi connectivity index (χ0) is 21.0. The summed E-state index contributed by atoms with van der Waals surface area (Å²) in [6.45, 7) is 6.43. The molecular weight excluding hydrogens is 584 g/mol. The first kappa shape index (κ1) is 22.3. The molecule has 9 heteroatoms. The van der Waals surface area contributed by atoms with Crippen molar-refractivity contribution in [2.45, 2.75) is 18.6 Å². The lowest BCUT2D eigenvalue weighted by atomic mass is 10.1. The molecule has 0 aliphatic heterocycles. The third-order valence-electron chi connectivity index (χ3n) is 3.94.